The Bertz CT molecular complexity index is 1200. The summed E-state index contributed by atoms with van der Waals surface area (Å²) >= 11 is 0. The van der Waals surface area contributed by atoms with Crippen molar-refractivity contribution in [2.45, 2.75) is 26.3 Å². The van der Waals surface area contributed by atoms with E-state index >= 15 is 0 Å². The van der Waals surface area contributed by atoms with Gasteiger partial charge in [-0.25, -0.2) is 0 Å². The highest BCUT2D eigenvalue weighted by atomic mass is 16.5. The average Bonchev–Trinajstić information content (AvgIpc) is 2.87. The van der Waals surface area contributed by atoms with Gasteiger partial charge in [-0.2, -0.15) is 0 Å². The SMILES string of the molecule is C#CCOc1ccc2c(c1)C(c1ccc(C(C)C)cc1)=NCN2Cc1cc(OC)cc(OC)c1. The Morgan fingerprint density at radius 3 is 2.26 bits per heavy atom. The van der Waals surface area contributed by atoms with Gasteiger partial charge in [0, 0.05) is 29.4 Å². The van der Waals surface area contributed by atoms with Crippen molar-refractivity contribution < 1.29 is 14.2 Å². The molecule has 0 amide bonds. The number of anilines is 1. The highest BCUT2D eigenvalue weighted by Crippen LogP contribution is 2.34. The molecular formula is C29H30N2O3. The van der Waals surface area contributed by atoms with Crippen LogP contribution in [0.2, 0.25) is 0 Å². The Morgan fingerprint density at radius 2 is 1.65 bits per heavy atom. The van der Waals surface area contributed by atoms with Crippen LogP contribution in [-0.4, -0.2) is 33.2 Å². The number of terminal acetylenes is 1. The van der Waals surface area contributed by atoms with Gasteiger partial charge >= 0.3 is 0 Å². The second-order valence-corrected chi connectivity index (χ2v) is 8.52. The van der Waals surface area contributed by atoms with Crippen LogP contribution >= 0.6 is 0 Å². The molecule has 0 aromatic heterocycles. The molecule has 1 aliphatic heterocycles. The van der Waals surface area contributed by atoms with E-state index in [1.165, 1.54) is 5.56 Å². The summed E-state index contributed by atoms with van der Waals surface area (Å²) in [5.41, 5.74) is 6.54. The maximum absolute atomic E-state index is 5.73. The zero-order valence-electron chi connectivity index (χ0n) is 20.2. The summed E-state index contributed by atoms with van der Waals surface area (Å²) in [7, 11) is 3.32. The normalized spacial score (nSPS) is 12.6. The molecule has 0 atom stereocenters. The van der Waals surface area contributed by atoms with E-state index in [0.717, 1.165) is 45.3 Å². The molecule has 0 bridgehead atoms. The monoisotopic (exact) mass is 454 g/mol. The summed E-state index contributed by atoms with van der Waals surface area (Å²) in [5, 5.41) is 0. The molecule has 0 saturated carbocycles. The van der Waals surface area contributed by atoms with Gasteiger partial charge in [0.1, 0.15) is 30.5 Å². The van der Waals surface area contributed by atoms with Crippen molar-refractivity contribution in [1.29, 1.82) is 0 Å². The van der Waals surface area contributed by atoms with Crippen LogP contribution in [0.3, 0.4) is 0 Å². The van der Waals surface area contributed by atoms with E-state index in [0.29, 0.717) is 19.1 Å². The lowest BCUT2D eigenvalue weighted by Crippen LogP contribution is -2.30. The number of rotatable bonds is 8. The molecule has 0 aliphatic carbocycles. The van der Waals surface area contributed by atoms with Crippen LogP contribution in [0, 0.1) is 12.3 Å². The van der Waals surface area contributed by atoms with Crippen LogP contribution < -0.4 is 19.1 Å². The van der Waals surface area contributed by atoms with Crippen molar-refractivity contribution in [1.82, 2.24) is 0 Å². The van der Waals surface area contributed by atoms with Gasteiger partial charge in [-0.1, -0.05) is 44.0 Å². The smallest absolute Gasteiger partial charge is 0.148 e. The molecule has 0 fully saturated rings. The molecule has 4 rings (SSSR count). The van der Waals surface area contributed by atoms with Gasteiger partial charge < -0.3 is 19.1 Å². The lowest BCUT2D eigenvalue weighted by molar-refractivity contribution is 0.370. The highest BCUT2D eigenvalue weighted by Gasteiger charge is 2.23. The van der Waals surface area contributed by atoms with Crippen LogP contribution in [0.1, 0.15) is 42.0 Å². The van der Waals surface area contributed by atoms with Gasteiger partial charge in [0.05, 0.1) is 19.9 Å². The molecule has 1 heterocycles. The summed E-state index contributed by atoms with van der Waals surface area (Å²) in [6.45, 7) is 5.82. The number of nitrogens with zero attached hydrogens (tertiary/aromatic N) is 2. The summed E-state index contributed by atoms with van der Waals surface area (Å²) in [5.74, 6) is 5.27. The Hall–Kier alpha value is -3.91. The average molecular weight is 455 g/mol. The Kier molecular flexibility index (Phi) is 7.08. The van der Waals surface area contributed by atoms with Crippen LogP contribution in [0.4, 0.5) is 5.69 Å². The number of benzene rings is 3. The lowest BCUT2D eigenvalue weighted by Gasteiger charge is -2.31. The van der Waals surface area contributed by atoms with Gasteiger partial charge in [0.2, 0.25) is 0 Å². The summed E-state index contributed by atoms with van der Waals surface area (Å²) in [6.07, 6.45) is 5.40. The number of aliphatic imine (C=N–C) groups is 1. The molecule has 0 saturated heterocycles. The maximum Gasteiger partial charge on any atom is 0.148 e. The van der Waals surface area contributed by atoms with Crippen LogP contribution in [0.25, 0.3) is 0 Å². The van der Waals surface area contributed by atoms with Crippen molar-refractivity contribution in [3.63, 3.8) is 0 Å². The van der Waals surface area contributed by atoms with E-state index in [-0.39, 0.29) is 6.61 Å². The molecule has 174 valence electrons. The third-order valence-corrected chi connectivity index (χ3v) is 5.92. The molecule has 0 unspecified atom stereocenters. The summed E-state index contributed by atoms with van der Waals surface area (Å²) in [6, 6.07) is 20.6. The van der Waals surface area contributed by atoms with E-state index in [9.17, 15) is 0 Å². The standard InChI is InChI=1S/C29H30N2O3/c1-6-13-34-24-11-12-28-27(17-24)29(23-9-7-22(8-10-23)20(2)3)30-19-31(28)18-21-14-25(32-4)16-26(15-21)33-5/h1,7-12,14-17,20H,13,18-19H2,2-5H3. The Labute approximate surface area is 202 Å². The first-order valence-corrected chi connectivity index (χ1v) is 11.3. The first-order chi connectivity index (χ1) is 16.5. The Morgan fingerprint density at radius 1 is 0.941 bits per heavy atom. The van der Waals surface area contributed by atoms with E-state index in [1.54, 1.807) is 14.2 Å². The number of methoxy groups -OCH3 is 2. The molecule has 5 heteroatoms. The van der Waals surface area contributed by atoms with Crippen molar-refractivity contribution in [3.05, 3.63) is 82.9 Å². The van der Waals surface area contributed by atoms with Gasteiger partial charge in [-0.15, -0.1) is 6.42 Å². The maximum atomic E-state index is 5.73. The third-order valence-electron chi connectivity index (χ3n) is 5.92. The second kappa shape index (κ2) is 10.4. The van der Waals surface area contributed by atoms with Gasteiger partial charge in [-0.05, 0) is 47.4 Å². The van der Waals surface area contributed by atoms with E-state index in [4.69, 9.17) is 25.6 Å². The van der Waals surface area contributed by atoms with Crippen LogP contribution in [-0.2, 0) is 6.54 Å². The van der Waals surface area contributed by atoms with E-state index in [2.05, 4.69) is 55.0 Å². The minimum Gasteiger partial charge on any atom is -0.497 e. The Balaban J connectivity index is 1.71. The molecule has 34 heavy (non-hydrogen) atoms. The zero-order valence-corrected chi connectivity index (χ0v) is 20.2. The summed E-state index contributed by atoms with van der Waals surface area (Å²) < 4.78 is 16.6. The molecule has 1 aliphatic rings. The van der Waals surface area contributed by atoms with Crippen LogP contribution in [0.15, 0.2) is 65.7 Å². The zero-order chi connectivity index (χ0) is 24.1. The fourth-order valence-corrected chi connectivity index (χ4v) is 4.10. The van der Waals surface area contributed by atoms with E-state index < -0.39 is 0 Å². The minimum absolute atomic E-state index is 0.224. The van der Waals surface area contributed by atoms with Crippen molar-refractivity contribution in [3.8, 4) is 29.6 Å². The number of fused-ring (bicyclic) bond motifs is 1. The molecule has 0 N–H and O–H groups in total. The first-order valence-electron chi connectivity index (χ1n) is 11.3. The quantitative estimate of drug-likeness (QED) is 0.412. The number of hydrogen-bond donors (Lipinski definition) is 0. The van der Waals surface area contributed by atoms with Crippen molar-refractivity contribution in [2.75, 3.05) is 32.4 Å². The predicted octanol–water partition coefficient (Wildman–Crippen LogP) is 5.65. The largest absolute Gasteiger partial charge is 0.497 e. The molecular weight excluding hydrogens is 424 g/mol. The second-order valence-electron chi connectivity index (χ2n) is 8.52. The summed E-state index contributed by atoms with van der Waals surface area (Å²) in [4.78, 5) is 7.22. The van der Waals surface area contributed by atoms with Gasteiger partial charge in [0.15, 0.2) is 0 Å². The first kappa shape index (κ1) is 23.3. The molecule has 3 aromatic carbocycles. The van der Waals surface area contributed by atoms with Crippen molar-refractivity contribution in [2.24, 2.45) is 4.99 Å². The van der Waals surface area contributed by atoms with Crippen molar-refractivity contribution >= 4 is 11.4 Å². The number of ether oxygens (including phenoxy) is 3. The fourth-order valence-electron chi connectivity index (χ4n) is 4.10. The lowest BCUT2D eigenvalue weighted by atomic mass is 9.95. The third kappa shape index (κ3) is 5.02. The molecule has 0 radical (unpaired) electrons. The van der Waals surface area contributed by atoms with Gasteiger partial charge in [-0.3, -0.25) is 4.99 Å². The van der Waals surface area contributed by atoms with E-state index in [1.807, 2.05) is 30.3 Å². The molecule has 3 aromatic rings. The minimum atomic E-state index is 0.224. The predicted molar refractivity (Wildman–Crippen MR) is 138 cm³/mol. The fraction of sp³-hybridized carbons (Fsp3) is 0.276. The molecule has 5 nitrogen and oxygen atoms in total. The van der Waals surface area contributed by atoms with Crippen LogP contribution in [0.5, 0.6) is 17.2 Å². The molecule has 0 spiro atoms. The number of hydrogen-bond acceptors (Lipinski definition) is 5. The topological polar surface area (TPSA) is 43.3 Å². The van der Waals surface area contributed by atoms with Gasteiger partial charge in [0.25, 0.3) is 0 Å². The highest BCUT2D eigenvalue weighted by molar-refractivity contribution is 6.17.